The number of carbonyl (C=O) groups is 1. The van der Waals surface area contributed by atoms with Crippen molar-refractivity contribution >= 4 is 16.9 Å². The lowest BCUT2D eigenvalue weighted by atomic mass is 10.1. The number of hydrogen-bond donors (Lipinski definition) is 0. The lowest BCUT2D eigenvalue weighted by Gasteiger charge is -2.31. The highest BCUT2D eigenvalue weighted by Gasteiger charge is 2.27. The molecule has 170 valence electrons. The van der Waals surface area contributed by atoms with Gasteiger partial charge in [0, 0.05) is 12.6 Å². The standard InChI is InChI=1S/C25H26N4O4/c1-4-28(14-17-15-32-22-8-5-6-9-23(22)33-17)25(30)18-12-20(21-10-7-11-31-21)27-24-19(18)13-26-29(24)16(2)3/h5-13,16-17H,4,14-15H2,1-3H3. The normalized spacial score (nSPS) is 15.2. The van der Waals surface area contributed by atoms with Crippen molar-refractivity contribution in [2.24, 2.45) is 0 Å². The van der Waals surface area contributed by atoms with Crippen LogP contribution in [-0.2, 0) is 0 Å². The summed E-state index contributed by atoms with van der Waals surface area (Å²) in [5.41, 5.74) is 1.79. The van der Waals surface area contributed by atoms with E-state index in [0.717, 1.165) is 5.75 Å². The number of aromatic nitrogens is 3. The molecule has 0 bridgehead atoms. The molecule has 8 nitrogen and oxygen atoms in total. The van der Waals surface area contributed by atoms with Crippen LogP contribution in [0.25, 0.3) is 22.5 Å². The largest absolute Gasteiger partial charge is 0.486 e. The molecule has 0 radical (unpaired) electrons. The van der Waals surface area contributed by atoms with Gasteiger partial charge in [0.1, 0.15) is 12.3 Å². The van der Waals surface area contributed by atoms with Crippen molar-refractivity contribution in [2.75, 3.05) is 19.7 Å². The van der Waals surface area contributed by atoms with E-state index >= 15 is 0 Å². The molecular weight excluding hydrogens is 420 g/mol. The minimum atomic E-state index is -0.260. The van der Waals surface area contributed by atoms with Gasteiger partial charge in [0.25, 0.3) is 5.91 Å². The molecule has 0 aliphatic carbocycles. The molecule has 0 saturated heterocycles. The maximum absolute atomic E-state index is 13.7. The number of pyridine rings is 1. The number of fused-ring (bicyclic) bond motifs is 2. The third-order valence-electron chi connectivity index (χ3n) is 5.72. The van der Waals surface area contributed by atoms with Gasteiger partial charge in [-0.05, 0) is 51.1 Å². The van der Waals surface area contributed by atoms with Crippen molar-refractivity contribution in [2.45, 2.75) is 32.9 Å². The number of para-hydroxylation sites is 2. The third kappa shape index (κ3) is 3.92. The second-order valence-corrected chi connectivity index (χ2v) is 8.29. The van der Waals surface area contributed by atoms with Crippen LogP contribution in [0, 0.1) is 0 Å². The Morgan fingerprint density at radius 1 is 1.21 bits per heavy atom. The predicted molar refractivity (Wildman–Crippen MR) is 124 cm³/mol. The molecule has 3 aromatic heterocycles. The molecular formula is C25H26N4O4. The maximum atomic E-state index is 13.7. The summed E-state index contributed by atoms with van der Waals surface area (Å²) in [5.74, 6) is 1.92. The molecule has 0 saturated carbocycles. The van der Waals surface area contributed by atoms with Gasteiger partial charge >= 0.3 is 0 Å². The molecule has 0 N–H and O–H groups in total. The summed E-state index contributed by atoms with van der Waals surface area (Å²) in [6.07, 6.45) is 3.05. The number of benzene rings is 1. The number of rotatable bonds is 6. The number of amides is 1. The van der Waals surface area contributed by atoms with E-state index in [9.17, 15) is 4.79 Å². The second kappa shape index (κ2) is 8.61. The van der Waals surface area contributed by atoms with Crippen molar-refractivity contribution in [1.29, 1.82) is 0 Å². The van der Waals surface area contributed by atoms with Gasteiger partial charge in [-0.25, -0.2) is 9.67 Å². The van der Waals surface area contributed by atoms with Crippen molar-refractivity contribution < 1.29 is 18.7 Å². The average molecular weight is 447 g/mol. The fraction of sp³-hybridized carbons (Fsp3) is 0.320. The van der Waals surface area contributed by atoms with Crippen molar-refractivity contribution in [3.05, 3.63) is 60.5 Å². The Labute approximate surface area is 191 Å². The Morgan fingerprint density at radius 2 is 2.03 bits per heavy atom. The van der Waals surface area contributed by atoms with Crippen molar-refractivity contribution in [1.82, 2.24) is 19.7 Å². The van der Waals surface area contributed by atoms with Crippen LogP contribution in [0.15, 0.2) is 59.3 Å². The molecule has 1 aliphatic heterocycles. The molecule has 4 aromatic rings. The second-order valence-electron chi connectivity index (χ2n) is 8.29. The minimum Gasteiger partial charge on any atom is -0.486 e. The minimum absolute atomic E-state index is 0.0972. The Hall–Kier alpha value is -3.81. The molecule has 0 fully saturated rings. The average Bonchev–Trinajstić information content (AvgIpc) is 3.51. The molecule has 1 unspecified atom stereocenters. The van der Waals surface area contributed by atoms with Crippen LogP contribution in [-0.4, -0.2) is 51.4 Å². The van der Waals surface area contributed by atoms with Gasteiger partial charge in [-0.3, -0.25) is 4.79 Å². The summed E-state index contributed by atoms with van der Waals surface area (Å²) in [6, 6.07) is 13.1. The van der Waals surface area contributed by atoms with Gasteiger partial charge in [-0.15, -0.1) is 0 Å². The van der Waals surface area contributed by atoms with Gasteiger partial charge in [0.05, 0.1) is 30.0 Å². The zero-order chi connectivity index (χ0) is 22.9. The first-order chi connectivity index (χ1) is 16.0. The summed E-state index contributed by atoms with van der Waals surface area (Å²) in [6.45, 7) is 7.34. The summed E-state index contributed by atoms with van der Waals surface area (Å²) >= 11 is 0. The quantitative estimate of drug-likeness (QED) is 0.431. The summed E-state index contributed by atoms with van der Waals surface area (Å²) in [7, 11) is 0. The van der Waals surface area contributed by atoms with E-state index in [4.69, 9.17) is 18.9 Å². The SMILES string of the molecule is CCN(CC1COc2ccccc2O1)C(=O)c1cc(-c2ccco2)nc2c1cnn2C(C)C. The maximum Gasteiger partial charge on any atom is 0.254 e. The number of hydrogen-bond acceptors (Lipinski definition) is 6. The number of furan rings is 1. The van der Waals surface area contributed by atoms with Crippen LogP contribution in [0.4, 0.5) is 0 Å². The van der Waals surface area contributed by atoms with Crippen LogP contribution in [0.3, 0.4) is 0 Å². The highest BCUT2D eigenvalue weighted by Crippen LogP contribution is 2.32. The molecule has 0 spiro atoms. The summed E-state index contributed by atoms with van der Waals surface area (Å²) in [5, 5.41) is 5.21. The molecule has 1 amide bonds. The van der Waals surface area contributed by atoms with E-state index in [-0.39, 0.29) is 18.1 Å². The Balaban J connectivity index is 1.49. The van der Waals surface area contributed by atoms with Crippen LogP contribution in [0.5, 0.6) is 11.5 Å². The lowest BCUT2D eigenvalue weighted by molar-refractivity contribution is 0.0476. The first-order valence-electron chi connectivity index (χ1n) is 11.1. The zero-order valence-electron chi connectivity index (χ0n) is 18.9. The molecule has 1 aliphatic rings. The summed E-state index contributed by atoms with van der Waals surface area (Å²) in [4.78, 5) is 20.3. The van der Waals surface area contributed by atoms with E-state index < -0.39 is 0 Å². The van der Waals surface area contributed by atoms with Gasteiger partial charge < -0.3 is 18.8 Å². The van der Waals surface area contributed by atoms with Crippen LogP contribution < -0.4 is 9.47 Å². The molecule has 33 heavy (non-hydrogen) atoms. The number of carbonyl (C=O) groups excluding carboxylic acids is 1. The van der Waals surface area contributed by atoms with Gasteiger partial charge in [-0.1, -0.05) is 12.1 Å². The van der Waals surface area contributed by atoms with Crippen molar-refractivity contribution in [3.8, 4) is 23.0 Å². The van der Waals surface area contributed by atoms with E-state index in [0.29, 0.717) is 53.5 Å². The smallest absolute Gasteiger partial charge is 0.254 e. The fourth-order valence-corrected chi connectivity index (χ4v) is 4.05. The van der Waals surface area contributed by atoms with Crippen molar-refractivity contribution in [3.63, 3.8) is 0 Å². The van der Waals surface area contributed by atoms with Crippen LogP contribution in [0.1, 0.15) is 37.2 Å². The molecule has 1 aromatic carbocycles. The first kappa shape index (κ1) is 21.1. The summed E-state index contributed by atoms with van der Waals surface area (Å²) < 4.78 is 19.3. The first-order valence-corrected chi connectivity index (χ1v) is 11.1. The number of ether oxygens (including phenoxy) is 2. The molecule has 5 rings (SSSR count). The highest BCUT2D eigenvalue weighted by atomic mass is 16.6. The predicted octanol–water partition coefficient (Wildman–Crippen LogP) is 4.57. The third-order valence-corrected chi connectivity index (χ3v) is 5.72. The van der Waals surface area contributed by atoms with Gasteiger partial charge in [0.15, 0.2) is 29.0 Å². The zero-order valence-corrected chi connectivity index (χ0v) is 18.9. The van der Waals surface area contributed by atoms with Gasteiger partial charge in [0.2, 0.25) is 0 Å². The van der Waals surface area contributed by atoms with E-state index in [1.54, 1.807) is 29.5 Å². The molecule has 1 atom stereocenters. The molecule has 4 heterocycles. The number of likely N-dealkylation sites (N-methyl/N-ethyl adjacent to an activating group) is 1. The van der Waals surface area contributed by atoms with E-state index in [1.165, 1.54) is 0 Å². The topological polar surface area (TPSA) is 82.6 Å². The van der Waals surface area contributed by atoms with Gasteiger partial charge in [-0.2, -0.15) is 5.10 Å². The Morgan fingerprint density at radius 3 is 2.76 bits per heavy atom. The monoisotopic (exact) mass is 446 g/mol. The lowest BCUT2D eigenvalue weighted by Crippen LogP contribution is -2.43. The Kier molecular flexibility index (Phi) is 5.50. The van der Waals surface area contributed by atoms with E-state index in [1.807, 2.05) is 55.8 Å². The Bertz CT molecular complexity index is 1280. The van der Waals surface area contributed by atoms with Crippen LogP contribution >= 0.6 is 0 Å². The molecule has 8 heteroatoms. The van der Waals surface area contributed by atoms with E-state index in [2.05, 4.69) is 5.10 Å². The number of nitrogens with zero attached hydrogens (tertiary/aromatic N) is 4. The van der Waals surface area contributed by atoms with Crippen LogP contribution in [0.2, 0.25) is 0 Å². The highest BCUT2D eigenvalue weighted by molar-refractivity contribution is 6.06. The fourth-order valence-electron chi connectivity index (χ4n) is 4.05.